The Balaban J connectivity index is 2.45. The van der Waals surface area contributed by atoms with Gasteiger partial charge in [0.25, 0.3) is 0 Å². The van der Waals surface area contributed by atoms with Gasteiger partial charge in [0.15, 0.2) is 0 Å². The molecular formula is C15H16O3. The van der Waals surface area contributed by atoms with Crippen molar-refractivity contribution in [2.24, 2.45) is 0 Å². The number of hydrogen-bond acceptors (Lipinski definition) is 2. The minimum Gasteiger partial charge on any atom is -0.481 e. The summed E-state index contributed by atoms with van der Waals surface area (Å²) in [5, 5.41) is 9.57. The van der Waals surface area contributed by atoms with Gasteiger partial charge in [-0.1, -0.05) is 24.3 Å². The van der Waals surface area contributed by atoms with E-state index in [-0.39, 0.29) is 0 Å². The first-order valence-electron chi connectivity index (χ1n) is 5.86. The van der Waals surface area contributed by atoms with Gasteiger partial charge in [0, 0.05) is 6.42 Å². The van der Waals surface area contributed by atoms with Crippen LogP contribution in [0.15, 0.2) is 47.1 Å². The quantitative estimate of drug-likeness (QED) is 0.898. The molecule has 1 heterocycles. The summed E-state index contributed by atoms with van der Waals surface area (Å²) in [6, 6.07) is 11.2. The Morgan fingerprint density at radius 3 is 2.56 bits per heavy atom. The first-order chi connectivity index (χ1) is 8.54. The van der Waals surface area contributed by atoms with E-state index in [9.17, 15) is 9.90 Å². The third kappa shape index (κ3) is 2.16. The van der Waals surface area contributed by atoms with Crippen LogP contribution in [0.5, 0.6) is 0 Å². The number of aryl methyl sites for hydroxylation is 1. The Bertz CT molecular complexity index is 543. The fourth-order valence-corrected chi connectivity index (χ4v) is 2.24. The first-order valence-corrected chi connectivity index (χ1v) is 5.86. The van der Waals surface area contributed by atoms with E-state index in [2.05, 4.69) is 0 Å². The topological polar surface area (TPSA) is 50.4 Å². The number of carbonyl (C=O) groups is 1. The molecular weight excluding hydrogens is 228 g/mol. The Labute approximate surface area is 106 Å². The lowest BCUT2D eigenvalue weighted by Crippen LogP contribution is -2.35. The van der Waals surface area contributed by atoms with E-state index in [4.69, 9.17) is 4.42 Å². The lowest BCUT2D eigenvalue weighted by molar-refractivity contribution is -0.143. The smallest absolute Gasteiger partial charge is 0.314 e. The van der Waals surface area contributed by atoms with Crippen molar-refractivity contribution in [2.45, 2.75) is 25.7 Å². The molecule has 0 amide bonds. The predicted molar refractivity (Wildman–Crippen MR) is 68.6 cm³/mol. The summed E-state index contributed by atoms with van der Waals surface area (Å²) in [7, 11) is 0. The van der Waals surface area contributed by atoms with Gasteiger partial charge in [-0.15, -0.1) is 0 Å². The largest absolute Gasteiger partial charge is 0.481 e. The highest BCUT2D eigenvalue weighted by Crippen LogP contribution is 2.31. The zero-order chi connectivity index (χ0) is 13.2. The van der Waals surface area contributed by atoms with Gasteiger partial charge in [-0.3, -0.25) is 4.79 Å². The van der Waals surface area contributed by atoms with Gasteiger partial charge in [0.05, 0.1) is 11.7 Å². The summed E-state index contributed by atoms with van der Waals surface area (Å²) < 4.78 is 5.28. The van der Waals surface area contributed by atoms with Crippen LogP contribution in [0.3, 0.4) is 0 Å². The summed E-state index contributed by atoms with van der Waals surface area (Å²) in [6.45, 7) is 3.67. The van der Waals surface area contributed by atoms with E-state index in [0.29, 0.717) is 12.2 Å². The maximum atomic E-state index is 11.7. The van der Waals surface area contributed by atoms with Crippen LogP contribution in [0.4, 0.5) is 0 Å². The van der Waals surface area contributed by atoms with Crippen molar-refractivity contribution >= 4 is 5.97 Å². The molecule has 0 fully saturated rings. The van der Waals surface area contributed by atoms with Crippen molar-refractivity contribution in [3.8, 4) is 0 Å². The molecule has 0 saturated carbocycles. The Morgan fingerprint density at radius 2 is 2.00 bits per heavy atom. The standard InChI is InChI=1S/C15H16O3/c1-11-6-3-4-8-13(11)15(2,14(16)17)10-12-7-5-9-18-12/h3-9H,10H2,1-2H3,(H,16,17). The SMILES string of the molecule is Cc1ccccc1C(C)(Cc1ccco1)C(=O)O. The van der Waals surface area contributed by atoms with E-state index in [1.807, 2.05) is 31.2 Å². The molecule has 94 valence electrons. The summed E-state index contributed by atoms with van der Waals surface area (Å²) >= 11 is 0. The number of rotatable bonds is 4. The summed E-state index contributed by atoms with van der Waals surface area (Å²) in [5.74, 6) is -0.156. The van der Waals surface area contributed by atoms with Crippen LogP contribution in [-0.2, 0) is 16.6 Å². The monoisotopic (exact) mass is 244 g/mol. The fourth-order valence-electron chi connectivity index (χ4n) is 2.24. The van der Waals surface area contributed by atoms with Crippen molar-refractivity contribution < 1.29 is 14.3 Å². The number of furan rings is 1. The number of carboxylic acids is 1. The van der Waals surface area contributed by atoms with Crippen molar-refractivity contribution in [1.82, 2.24) is 0 Å². The maximum Gasteiger partial charge on any atom is 0.314 e. The highest BCUT2D eigenvalue weighted by Gasteiger charge is 2.37. The third-order valence-corrected chi connectivity index (χ3v) is 3.32. The van der Waals surface area contributed by atoms with Gasteiger partial charge in [-0.2, -0.15) is 0 Å². The average Bonchev–Trinajstić information content (AvgIpc) is 2.81. The van der Waals surface area contributed by atoms with Gasteiger partial charge in [0.1, 0.15) is 5.76 Å². The molecule has 18 heavy (non-hydrogen) atoms. The third-order valence-electron chi connectivity index (χ3n) is 3.32. The van der Waals surface area contributed by atoms with E-state index in [1.54, 1.807) is 25.3 Å². The van der Waals surface area contributed by atoms with E-state index >= 15 is 0 Å². The Hall–Kier alpha value is -2.03. The Kier molecular flexibility index (Phi) is 3.24. The van der Waals surface area contributed by atoms with Crippen molar-refractivity contribution in [3.05, 3.63) is 59.5 Å². The van der Waals surface area contributed by atoms with Gasteiger partial charge in [0.2, 0.25) is 0 Å². The van der Waals surface area contributed by atoms with Gasteiger partial charge < -0.3 is 9.52 Å². The molecule has 0 aliphatic carbocycles. The van der Waals surface area contributed by atoms with Crippen molar-refractivity contribution in [2.75, 3.05) is 0 Å². The van der Waals surface area contributed by atoms with Crippen LogP contribution in [0.2, 0.25) is 0 Å². The van der Waals surface area contributed by atoms with Crippen molar-refractivity contribution in [1.29, 1.82) is 0 Å². The summed E-state index contributed by atoms with van der Waals surface area (Å²) in [4.78, 5) is 11.7. The molecule has 0 aliphatic rings. The maximum absolute atomic E-state index is 11.7. The highest BCUT2D eigenvalue weighted by molar-refractivity contribution is 5.81. The number of hydrogen-bond donors (Lipinski definition) is 1. The molecule has 2 aromatic rings. The zero-order valence-corrected chi connectivity index (χ0v) is 10.5. The number of benzene rings is 1. The van der Waals surface area contributed by atoms with Gasteiger partial charge >= 0.3 is 5.97 Å². The van der Waals surface area contributed by atoms with Crippen LogP contribution in [-0.4, -0.2) is 11.1 Å². The first kappa shape index (κ1) is 12.4. The summed E-state index contributed by atoms with van der Waals surface area (Å²) in [5.41, 5.74) is 0.839. The molecule has 1 N–H and O–H groups in total. The second-order valence-corrected chi connectivity index (χ2v) is 4.71. The van der Waals surface area contributed by atoms with E-state index in [0.717, 1.165) is 11.1 Å². The fraction of sp³-hybridized carbons (Fsp3) is 0.267. The van der Waals surface area contributed by atoms with Crippen molar-refractivity contribution in [3.63, 3.8) is 0 Å². The molecule has 3 heteroatoms. The van der Waals surface area contributed by atoms with E-state index < -0.39 is 11.4 Å². The van der Waals surface area contributed by atoms with Gasteiger partial charge in [-0.05, 0) is 37.1 Å². The van der Waals surface area contributed by atoms with Gasteiger partial charge in [-0.25, -0.2) is 0 Å². The molecule has 0 bridgehead atoms. The normalized spacial score (nSPS) is 14.1. The second kappa shape index (κ2) is 4.69. The molecule has 1 unspecified atom stereocenters. The van der Waals surface area contributed by atoms with Crippen LogP contribution >= 0.6 is 0 Å². The lowest BCUT2D eigenvalue weighted by Gasteiger charge is -2.26. The van der Waals surface area contributed by atoms with Crippen LogP contribution in [0.25, 0.3) is 0 Å². The molecule has 0 saturated heterocycles. The molecule has 1 atom stereocenters. The molecule has 0 spiro atoms. The molecule has 0 aliphatic heterocycles. The molecule has 0 radical (unpaired) electrons. The highest BCUT2D eigenvalue weighted by atomic mass is 16.4. The average molecular weight is 244 g/mol. The van der Waals surface area contributed by atoms with Crippen LogP contribution in [0.1, 0.15) is 23.8 Å². The molecule has 2 rings (SSSR count). The lowest BCUT2D eigenvalue weighted by atomic mass is 9.77. The second-order valence-electron chi connectivity index (χ2n) is 4.71. The number of aliphatic carboxylic acids is 1. The predicted octanol–water partition coefficient (Wildman–Crippen LogP) is 3.17. The summed E-state index contributed by atoms with van der Waals surface area (Å²) in [6.07, 6.45) is 1.91. The zero-order valence-electron chi connectivity index (χ0n) is 10.5. The molecule has 3 nitrogen and oxygen atoms in total. The van der Waals surface area contributed by atoms with E-state index in [1.165, 1.54) is 0 Å². The van der Waals surface area contributed by atoms with Crippen LogP contribution in [0, 0.1) is 6.92 Å². The Morgan fingerprint density at radius 1 is 1.28 bits per heavy atom. The minimum absolute atomic E-state index is 0.347. The minimum atomic E-state index is -0.969. The molecule has 1 aromatic heterocycles. The van der Waals surface area contributed by atoms with Crippen LogP contribution < -0.4 is 0 Å². The number of carboxylic acid groups (broad SMARTS) is 1. The molecule has 1 aromatic carbocycles.